The summed E-state index contributed by atoms with van der Waals surface area (Å²) in [6.07, 6.45) is 1.72. The van der Waals surface area contributed by atoms with Crippen molar-refractivity contribution in [2.75, 3.05) is 5.32 Å². The Kier molecular flexibility index (Phi) is 4.56. The molecule has 0 aliphatic heterocycles. The second kappa shape index (κ2) is 6.96. The minimum Gasteiger partial charge on any atom is -0.326 e. The second-order valence-corrected chi connectivity index (χ2v) is 5.49. The highest BCUT2D eigenvalue weighted by molar-refractivity contribution is 5.96. The van der Waals surface area contributed by atoms with Crippen LogP contribution in [0.5, 0.6) is 0 Å². The zero-order valence-corrected chi connectivity index (χ0v) is 13.2. The van der Waals surface area contributed by atoms with Crippen LogP contribution in [-0.2, 0) is 4.79 Å². The monoisotopic (exact) mass is 337 g/mol. The molecule has 0 aliphatic carbocycles. The largest absolute Gasteiger partial charge is 0.326 e. The summed E-state index contributed by atoms with van der Waals surface area (Å²) in [7, 11) is 0. The van der Waals surface area contributed by atoms with Gasteiger partial charge >= 0.3 is 0 Å². The van der Waals surface area contributed by atoms with Gasteiger partial charge in [0.15, 0.2) is 0 Å². The van der Waals surface area contributed by atoms with E-state index in [0.29, 0.717) is 5.69 Å². The topological polar surface area (TPSA) is 94.2 Å². The zero-order chi connectivity index (χ0) is 17.8. The predicted molar refractivity (Wildman–Crippen MR) is 93.5 cm³/mol. The standard InChI is InChI=1S/C18H15N3O4/c22-17(19-14-5-3-6-15(12-14)21(24)25)8-9-18(23)20-11-10-13-4-1-2-7-16(13)20/h1-7,10-12H,8-9H2,(H,19,22). The van der Waals surface area contributed by atoms with Crippen molar-refractivity contribution in [2.45, 2.75) is 12.8 Å². The van der Waals surface area contributed by atoms with Gasteiger partial charge in [0.1, 0.15) is 0 Å². The van der Waals surface area contributed by atoms with Gasteiger partial charge in [0.25, 0.3) is 5.69 Å². The van der Waals surface area contributed by atoms with Crippen LogP contribution in [0.2, 0.25) is 0 Å². The van der Waals surface area contributed by atoms with Crippen molar-refractivity contribution in [3.63, 3.8) is 0 Å². The molecular weight excluding hydrogens is 322 g/mol. The molecule has 0 spiro atoms. The van der Waals surface area contributed by atoms with Gasteiger partial charge in [-0.25, -0.2) is 0 Å². The molecule has 1 amide bonds. The van der Waals surface area contributed by atoms with Crippen LogP contribution in [0.25, 0.3) is 10.9 Å². The number of amides is 1. The summed E-state index contributed by atoms with van der Waals surface area (Å²) >= 11 is 0. The number of para-hydroxylation sites is 1. The number of hydrogen-bond donors (Lipinski definition) is 1. The summed E-state index contributed by atoms with van der Waals surface area (Å²) < 4.78 is 1.52. The number of fused-ring (bicyclic) bond motifs is 1. The number of carbonyl (C=O) groups excluding carboxylic acids is 2. The van der Waals surface area contributed by atoms with E-state index in [1.54, 1.807) is 12.3 Å². The maximum Gasteiger partial charge on any atom is 0.271 e. The number of benzene rings is 2. The van der Waals surface area contributed by atoms with Crippen molar-refractivity contribution < 1.29 is 14.5 Å². The van der Waals surface area contributed by atoms with E-state index in [-0.39, 0.29) is 30.3 Å². The molecule has 7 nitrogen and oxygen atoms in total. The highest BCUT2D eigenvalue weighted by Crippen LogP contribution is 2.18. The lowest BCUT2D eigenvalue weighted by Crippen LogP contribution is -2.16. The Morgan fingerprint density at radius 3 is 2.64 bits per heavy atom. The van der Waals surface area contributed by atoms with Gasteiger partial charge < -0.3 is 5.32 Å². The third kappa shape index (κ3) is 3.72. The predicted octanol–water partition coefficient (Wildman–Crippen LogP) is 3.61. The third-order valence-electron chi connectivity index (χ3n) is 3.77. The van der Waals surface area contributed by atoms with Crippen LogP contribution < -0.4 is 5.32 Å². The molecule has 0 fully saturated rings. The molecule has 0 atom stereocenters. The summed E-state index contributed by atoms with van der Waals surface area (Å²) in [6.45, 7) is 0. The van der Waals surface area contributed by atoms with Gasteiger partial charge in [-0.2, -0.15) is 0 Å². The first-order valence-electron chi connectivity index (χ1n) is 7.68. The van der Waals surface area contributed by atoms with Gasteiger partial charge in [0.05, 0.1) is 10.4 Å². The molecule has 0 bridgehead atoms. The van der Waals surface area contributed by atoms with Crippen molar-refractivity contribution >= 4 is 34.1 Å². The van der Waals surface area contributed by atoms with Gasteiger partial charge in [-0.15, -0.1) is 0 Å². The summed E-state index contributed by atoms with van der Waals surface area (Å²) in [5.74, 6) is -0.555. The van der Waals surface area contributed by atoms with Crippen LogP contribution in [0, 0.1) is 10.1 Å². The number of nitro groups is 1. The van der Waals surface area contributed by atoms with E-state index in [1.165, 1.54) is 22.8 Å². The van der Waals surface area contributed by atoms with Crippen LogP contribution in [0.1, 0.15) is 17.6 Å². The molecular formula is C18H15N3O4. The number of rotatable bonds is 5. The fourth-order valence-electron chi connectivity index (χ4n) is 2.56. The highest BCUT2D eigenvalue weighted by Gasteiger charge is 2.12. The fourth-order valence-corrected chi connectivity index (χ4v) is 2.56. The molecule has 25 heavy (non-hydrogen) atoms. The van der Waals surface area contributed by atoms with Crippen LogP contribution in [0.4, 0.5) is 11.4 Å². The summed E-state index contributed by atoms with van der Waals surface area (Å²) in [6, 6.07) is 15.0. The molecule has 3 rings (SSSR count). The molecule has 0 unspecified atom stereocenters. The number of hydrogen-bond acceptors (Lipinski definition) is 4. The first kappa shape index (κ1) is 16.4. The SMILES string of the molecule is O=C(CCC(=O)n1ccc2ccccc21)Nc1cccc([N+](=O)[O-])c1. The first-order valence-corrected chi connectivity index (χ1v) is 7.68. The summed E-state index contributed by atoms with van der Waals surface area (Å²) in [4.78, 5) is 34.5. The molecule has 0 saturated heterocycles. The van der Waals surface area contributed by atoms with Crippen LogP contribution in [0.15, 0.2) is 60.8 Å². The number of carbonyl (C=O) groups is 2. The number of nitro benzene ring substituents is 1. The van der Waals surface area contributed by atoms with E-state index in [2.05, 4.69) is 5.32 Å². The molecule has 3 aromatic rings. The Morgan fingerprint density at radius 2 is 1.84 bits per heavy atom. The molecule has 7 heteroatoms. The minimum atomic E-state index is -0.531. The van der Waals surface area contributed by atoms with Crippen LogP contribution >= 0.6 is 0 Å². The van der Waals surface area contributed by atoms with E-state index in [4.69, 9.17) is 0 Å². The lowest BCUT2D eigenvalue weighted by molar-refractivity contribution is -0.384. The second-order valence-electron chi connectivity index (χ2n) is 5.49. The van der Waals surface area contributed by atoms with E-state index in [9.17, 15) is 19.7 Å². The minimum absolute atomic E-state index is 0.00592. The Hall–Kier alpha value is -3.48. The van der Waals surface area contributed by atoms with E-state index >= 15 is 0 Å². The van der Waals surface area contributed by atoms with Gasteiger partial charge in [-0.3, -0.25) is 24.3 Å². The van der Waals surface area contributed by atoms with Gasteiger partial charge in [-0.05, 0) is 18.2 Å². The average Bonchev–Trinajstić information content (AvgIpc) is 3.04. The lowest BCUT2D eigenvalue weighted by atomic mass is 10.2. The van der Waals surface area contributed by atoms with Gasteiger partial charge in [0.2, 0.25) is 11.8 Å². The number of nitrogens with zero attached hydrogens (tertiary/aromatic N) is 2. The molecule has 0 radical (unpaired) electrons. The smallest absolute Gasteiger partial charge is 0.271 e. The number of aromatic nitrogens is 1. The summed E-state index contributed by atoms with van der Waals surface area (Å²) in [5.41, 5.74) is 1.03. The van der Waals surface area contributed by atoms with Crippen molar-refractivity contribution in [3.8, 4) is 0 Å². The molecule has 0 saturated carbocycles. The zero-order valence-electron chi connectivity index (χ0n) is 13.2. The molecule has 0 aliphatic rings. The van der Waals surface area contributed by atoms with Crippen LogP contribution in [-0.4, -0.2) is 21.3 Å². The maximum atomic E-state index is 12.3. The van der Waals surface area contributed by atoms with Crippen molar-refractivity contribution in [2.24, 2.45) is 0 Å². The average molecular weight is 337 g/mol. The molecule has 1 aromatic heterocycles. The highest BCUT2D eigenvalue weighted by atomic mass is 16.6. The van der Waals surface area contributed by atoms with E-state index < -0.39 is 4.92 Å². The van der Waals surface area contributed by atoms with Gasteiger partial charge in [0, 0.05) is 42.2 Å². The Morgan fingerprint density at radius 1 is 1.04 bits per heavy atom. The molecule has 126 valence electrons. The third-order valence-corrected chi connectivity index (χ3v) is 3.77. The van der Waals surface area contributed by atoms with Gasteiger partial charge in [-0.1, -0.05) is 24.3 Å². The summed E-state index contributed by atoms with van der Waals surface area (Å²) in [5, 5.41) is 14.3. The van der Waals surface area contributed by atoms with Crippen molar-refractivity contribution in [3.05, 3.63) is 70.9 Å². The van der Waals surface area contributed by atoms with E-state index in [1.807, 2.05) is 30.3 Å². The first-order chi connectivity index (χ1) is 12.0. The molecule has 2 aromatic carbocycles. The quantitative estimate of drug-likeness (QED) is 0.568. The maximum absolute atomic E-state index is 12.3. The Labute approximate surface area is 143 Å². The van der Waals surface area contributed by atoms with E-state index in [0.717, 1.165) is 10.9 Å². The number of anilines is 1. The van der Waals surface area contributed by atoms with Crippen molar-refractivity contribution in [1.82, 2.24) is 4.57 Å². The molecule has 1 N–H and O–H groups in total. The van der Waals surface area contributed by atoms with Crippen molar-refractivity contribution in [1.29, 1.82) is 0 Å². The Balaban J connectivity index is 1.61. The lowest BCUT2D eigenvalue weighted by Gasteiger charge is -2.06. The van der Waals surface area contributed by atoms with Crippen LogP contribution in [0.3, 0.4) is 0 Å². The fraction of sp³-hybridized carbons (Fsp3) is 0.111. The molecule has 1 heterocycles. The number of nitrogens with one attached hydrogen (secondary N) is 1. The normalized spacial score (nSPS) is 10.6. The Bertz CT molecular complexity index is 962. The number of non-ortho nitro benzene ring substituents is 1.